The number of carbonyl (C=O) groups excluding carboxylic acids is 2. The van der Waals surface area contributed by atoms with Crippen molar-refractivity contribution < 1.29 is 19.4 Å². The van der Waals surface area contributed by atoms with Gasteiger partial charge in [0.1, 0.15) is 0 Å². The van der Waals surface area contributed by atoms with E-state index in [2.05, 4.69) is 13.2 Å². The van der Waals surface area contributed by atoms with E-state index in [1.54, 1.807) is 31.2 Å². The maximum absolute atomic E-state index is 12.4. The van der Waals surface area contributed by atoms with Crippen LogP contribution < -0.4 is 0 Å². The van der Waals surface area contributed by atoms with Crippen molar-refractivity contribution in [2.75, 3.05) is 13.2 Å². The number of amides is 2. The third kappa shape index (κ3) is 7.13. The minimum Gasteiger partial charge on any atom is -0.389 e. The van der Waals surface area contributed by atoms with E-state index < -0.39 is 6.10 Å². The van der Waals surface area contributed by atoms with Crippen LogP contribution in [-0.2, 0) is 4.74 Å². The van der Waals surface area contributed by atoms with Gasteiger partial charge in [0, 0.05) is 13.2 Å². The second-order valence-corrected chi connectivity index (χ2v) is 8.98. The molecule has 5 nitrogen and oxygen atoms in total. The number of nitrogens with zero attached hydrogens (tertiary/aromatic N) is 1. The molecule has 0 aromatic heterocycles. The molecular formula is C32H35NO4. The molecule has 2 amide bonds. The number of rotatable bonds is 5. The van der Waals surface area contributed by atoms with Crippen LogP contribution >= 0.6 is 0 Å². The molecule has 0 spiro atoms. The first-order chi connectivity index (χ1) is 17.8. The zero-order valence-corrected chi connectivity index (χ0v) is 21.6. The smallest absolute Gasteiger partial charge is 0.262 e. The number of aliphatic hydroxyl groups excluding tert-OH is 1. The van der Waals surface area contributed by atoms with Gasteiger partial charge in [0.2, 0.25) is 0 Å². The second-order valence-electron chi connectivity index (χ2n) is 8.98. The van der Waals surface area contributed by atoms with Gasteiger partial charge in [-0.25, -0.2) is 0 Å². The Balaban J connectivity index is 0.000000197. The number of hydrogen-bond donors (Lipinski definition) is 1. The lowest BCUT2D eigenvalue weighted by Crippen LogP contribution is -2.38. The highest BCUT2D eigenvalue weighted by Crippen LogP contribution is 2.29. The maximum Gasteiger partial charge on any atom is 0.262 e. The molecule has 2 heterocycles. The zero-order valence-electron chi connectivity index (χ0n) is 21.6. The van der Waals surface area contributed by atoms with Crippen LogP contribution in [0.1, 0.15) is 58.5 Å². The molecule has 1 saturated heterocycles. The molecule has 1 N–H and O–H groups in total. The van der Waals surface area contributed by atoms with Crippen molar-refractivity contribution in [1.29, 1.82) is 0 Å². The summed E-state index contributed by atoms with van der Waals surface area (Å²) >= 11 is 0. The van der Waals surface area contributed by atoms with E-state index in [4.69, 9.17) is 4.74 Å². The Bertz CT molecular complexity index is 1170. The molecule has 0 saturated carbocycles. The number of imide groups is 1. The summed E-state index contributed by atoms with van der Waals surface area (Å²) in [5.74, 6) is -0.500. The lowest BCUT2D eigenvalue weighted by Gasteiger charge is -2.24. The molecule has 1 fully saturated rings. The molecule has 5 heteroatoms. The van der Waals surface area contributed by atoms with E-state index >= 15 is 0 Å². The molecule has 0 aliphatic carbocycles. The number of hydrogen-bond acceptors (Lipinski definition) is 4. The monoisotopic (exact) mass is 497 g/mol. The molecule has 0 bridgehead atoms. The first-order valence-corrected chi connectivity index (χ1v) is 12.5. The molecule has 37 heavy (non-hydrogen) atoms. The van der Waals surface area contributed by atoms with Crippen LogP contribution in [0, 0.1) is 0 Å². The third-order valence-corrected chi connectivity index (χ3v) is 6.34. The van der Waals surface area contributed by atoms with Crippen molar-refractivity contribution in [2.24, 2.45) is 0 Å². The van der Waals surface area contributed by atoms with E-state index in [0.29, 0.717) is 11.1 Å². The average Bonchev–Trinajstić information content (AvgIpc) is 3.60. The maximum atomic E-state index is 12.4. The predicted octanol–water partition coefficient (Wildman–Crippen LogP) is 6.26. The number of benzene rings is 3. The zero-order chi connectivity index (χ0) is 26.8. The predicted molar refractivity (Wildman–Crippen MR) is 149 cm³/mol. The van der Waals surface area contributed by atoms with Crippen LogP contribution in [0.5, 0.6) is 0 Å². The van der Waals surface area contributed by atoms with Crippen molar-refractivity contribution in [2.45, 2.75) is 38.8 Å². The minimum atomic E-state index is -0.461. The van der Waals surface area contributed by atoms with Gasteiger partial charge in [0.05, 0.1) is 23.3 Å². The molecule has 192 valence electrons. The number of ether oxygens (including phenoxy) is 1. The van der Waals surface area contributed by atoms with Crippen LogP contribution in [0.3, 0.4) is 0 Å². The van der Waals surface area contributed by atoms with Crippen molar-refractivity contribution in [3.05, 3.63) is 120 Å². The van der Waals surface area contributed by atoms with Crippen LogP contribution in [0.15, 0.2) is 98.1 Å². The quantitative estimate of drug-likeness (QED) is 0.423. The molecule has 2 aliphatic heterocycles. The number of fused-ring (bicyclic) bond motifs is 1. The Morgan fingerprint density at radius 1 is 0.730 bits per heavy atom. The minimum absolute atomic E-state index is 0.250. The Hall–Kier alpha value is -3.80. The number of aliphatic hydroxyl groups is 1. The van der Waals surface area contributed by atoms with Gasteiger partial charge in [0.25, 0.3) is 11.8 Å². The van der Waals surface area contributed by atoms with E-state index in [9.17, 15) is 14.7 Å². The Kier molecular flexibility index (Phi) is 10.1. The lowest BCUT2D eigenvalue weighted by atomic mass is 10.0. The lowest BCUT2D eigenvalue weighted by molar-refractivity contribution is 0.0630. The van der Waals surface area contributed by atoms with Gasteiger partial charge in [-0.15, -0.1) is 0 Å². The summed E-state index contributed by atoms with van der Waals surface area (Å²) in [5.41, 5.74) is 4.39. The molecule has 5 rings (SSSR count). The summed E-state index contributed by atoms with van der Waals surface area (Å²) in [6, 6.07) is 25.8. The van der Waals surface area contributed by atoms with Crippen molar-refractivity contribution in [3.63, 3.8) is 0 Å². The largest absolute Gasteiger partial charge is 0.389 e. The third-order valence-electron chi connectivity index (χ3n) is 6.34. The molecule has 3 aromatic carbocycles. The highest BCUT2D eigenvalue weighted by atomic mass is 16.5. The number of carbonyl (C=O) groups is 2. The molecule has 3 aromatic rings. The fourth-order valence-corrected chi connectivity index (χ4v) is 4.01. The summed E-state index contributed by atoms with van der Waals surface area (Å²) in [4.78, 5) is 26.2. The highest BCUT2D eigenvalue weighted by Gasteiger charge is 2.38. The van der Waals surface area contributed by atoms with E-state index in [1.165, 1.54) is 17.7 Å². The standard InChI is InChI=1S/C18H15NO2.C10H12O.C4H8O/c1-12(14-8-4-3-5-9-14)13(2)19-17(20)15-10-6-7-11-16(15)18(19)21;1-8(9(2)11)10-6-4-3-5-7-10;1-2-4-5-3-1/h3-11,13H,1H2,2H3;3-7,9,11H,1H2,2H3;1-4H2. The van der Waals surface area contributed by atoms with Gasteiger partial charge in [-0.3, -0.25) is 14.5 Å². The first-order valence-electron chi connectivity index (χ1n) is 12.5. The van der Waals surface area contributed by atoms with Crippen LogP contribution in [0.2, 0.25) is 0 Å². The fraction of sp³-hybridized carbons (Fsp3) is 0.250. The normalized spacial score (nSPS) is 15.5. The van der Waals surface area contributed by atoms with Gasteiger partial charge in [-0.05, 0) is 61.1 Å². The topological polar surface area (TPSA) is 66.8 Å². The molecule has 0 radical (unpaired) electrons. The van der Waals surface area contributed by atoms with Crippen molar-refractivity contribution in [3.8, 4) is 0 Å². The van der Waals surface area contributed by atoms with Gasteiger partial charge in [0.15, 0.2) is 0 Å². The summed E-state index contributed by atoms with van der Waals surface area (Å²) in [6.07, 6.45) is 2.09. The molecule has 2 aliphatic rings. The average molecular weight is 498 g/mol. The summed E-state index contributed by atoms with van der Waals surface area (Å²) in [6.45, 7) is 13.4. The van der Waals surface area contributed by atoms with E-state index in [0.717, 1.165) is 35.5 Å². The SMILES string of the molecule is C1CCOC1.C=C(c1ccccc1)C(C)N1C(=O)c2ccccc2C1=O.C=C(c1ccccc1)C(C)O. The fourth-order valence-electron chi connectivity index (χ4n) is 4.01. The second kappa shape index (κ2) is 13.5. The van der Waals surface area contributed by atoms with Gasteiger partial charge < -0.3 is 9.84 Å². The van der Waals surface area contributed by atoms with Crippen LogP contribution in [-0.4, -0.2) is 47.2 Å². The summed E-state index contributed by atoms with van der Waals surface area (Å²) in [5, 5.41) is 9.17. The Morgan fingerprint density at radius 2 is 1.14 bits per heavy atom. The van der Waals surface area contributed by atoms with Crippen LogP contribution in [0.4, 0.5) is 0 Å². The van der Waals surface area contributed by atoms with Crippen LogP contribution in [0.25, 0.3) is 11.1 Å². The van der Waals surface area contributed by atoms with Crippen molar-refractivity contribution >= 4 is 23.0 Å². The molecule has 2 unspecified atom stereocenters. The Labute approximate surface area is 219 Å². The van der Waals surface area contributed by atoms with Crippen molar-refractivity contribution in [1.82, 2.24) is 4.90 Å². The van der Waals surface area contributed by atoms with Gasteiger partial charge >= 0.3 is 0 Å². The molecular weight excluding hydrogens is 462 g/mol. The first kappa shape index (κ1) is 27.8. The Morgan fingerprint density at radius 3 is 1.51 bits per heavy atom. The van der Waals surface area contributed by atoms with Gasteiger partial charge in [-0.1, -0.05) is 86.0 Å². The highest BCUT2D eigenvalue weighted by molar-refractivity contribution is 6.22. The summed E-state index contributed by atoms with van der Waals surface area (Å²) < 4.78 is 4.94. The van der Waals surface area contributed by atoms with E-state index in [-0.39, 0.29) is 17.9 Å². The van der Waals surface area contributed by atoms with Gasteiger partial charge in [-0.2, -0.15) is 0 Å². The summed E-state index contributed by atoms with van der Waals surface area (Å²) in [7, 11) is 0. The molecule has 2 atom stereocenters. The van der Waals surface area contributed by atoms with E-state index in [1.807, 2.05) is 67.6 Å².